The number of aryl methyl sites for hydroxylation is 1. The maximum absolute atomic E-state index is 12.6. The zero-order valence-electron chi connectivity index (χ0n) is 8.24. The van der Waals surface area contributed by atoms with Crippen molar-refractivity contribution in [3.05, 3.63) is 34.9 Å². The Labute approximate surface area is 80.6 Å². The topological polar surface area (TPSA) is 0 Å². The molecular weight excluding hydrogens is 196 g/mol. The summed E-state index contributed by atoms with van der Waals surface area (Å²) in [4.78, 5) is 0. The second-order valence-electron chi connectivity index (χ2n) is 2.42. The molecule has 0 unspecified atom stereocenters. The highest BCUT2D eigenvalue weighted by Crippen LogP contribution is 2.25. The summed E-state index contributed by atoms with van der Waals surface area (Å²) in [6.07, 6.45) is -2.90. The second-order valence-corrected chi connectivity index (χ2v) is 2.42. The summed E-state index contributed by atoms with van der Waals surface area (Å²) in [5, 5.41) is 0. The van der Waals surface area contributed by atoms with E-state index in [9.17, 15) is 17.6 Å². The first-order valence-corrected chi connectivity index (χ1v) is 4.26. The molecule has 1 aromatic carbocycles. The van der Waals surface area contributed by atoms with Crippen LogP contribution in [0.25, 0.3) is 0 Å². The van der Waals surface area contributed by atoms with Gasteiger partial charge in [-0.05, 0) is 18.6 Å². The van der Waals surface area contributed by atoms with Gasteiger partial charge in [0, 0.05) is 6.07 Å². The first-order chi connectivity index (χ1) is 6.52. The smallest absolute Gasteiger partial charge is 0.207 e. The van der Waals surface area contributed by atoms with Crippen molar-refractivity contribution in [2.24, 2.45) is 0 Å². The fraction of sp³-hybridized carbons (Fsp3) is 0.400. The molecule has 0 aliphatic heterocycles. The van der Waals surface area contributed by atoms with E-state index in [1.165, 1.54) is 6.92 Å². The number of hydrogen-bond acceptors (Lipinski definition) is 0. The molecule has 80 valence electrons. The van der Waals surface area contributed by atoms with Crippen molar-refractivity contribution < 1.29 is 17.6 Å². The first-order valence-electron chi connectivity index (χ1n) is 4.26. The summed E-state index contributed by atoms with van der Waals surface area (Å²) in [5.41, 5.74) is -0.793. The summed E-state index contributed by atoms with van der Waals surface area (Å²) in [5.74, 6) is -2.03. The molecule has 0 radical (unpaired) electrons. The van der Waals surface area contributed by atoms with Gasteiger partial charge in [0.05, 0.1) is 5.56 Å². The minimum Gasteiger partial charge on any atom is -0.207 e. The molecule has 0 saturated carbocycles. The normalized spacial score (nSPS) is 9.71. The van der Waals surface area contributed by atoms with Gasteiger partial charge < -0.3 is 0 Å². The molecule has 0 aliphatic carbocycles. The number of hydrogen-bond donors (Lipinski definition) is 0. The summed E-state index contributed by atoms with van der Waals surface area (Å²) in [7, 11) is 0. The SMILES string of the molecule is CC.Cc1cc(F)cc(F)c1C(F)F. The van der Waals surface area contributed by atoms with Crippen LogP contribution in [0.1, 0.15) is 31.4 Å². The molecule has 1 aromatic rings. The molecule has 0 saturated heterocycles. The van der Waals surface area contributed by atoms with Gasteiger partial charge >= 0.3 is 0 Å². The van der Waals surface area contributed by atoms with Crippen LogP contribution in [0.15, 0.2) is 12.1 Å². The second kappa shape index (κ2) is 5.62. The van der Waals surface area contributed by atoms with Gasteiger partial charge in [-0.15, -0.1) is 0 Å². The fourth-order valence-corrected chi connectivity index (χ4v) is 0.990. The van der Waals surface area contributed by atoms with E-state index in [-0.39, 0.29) is 5.56 Å². The zero-order chi connectivity index (χ0) is 11.3. The van der Waals surface area contributed by atoms with Crippen molar-refractivity contribution in [2.45, 2.75) is 27.2 Å². The van der Waals surface area contributed by atoms with Gasteiger partial charge in [-0.25, -0.2) is 17.6 Å². The van der Waals surface area contributed by atoms with Crippen LogP contribution in [0.5, 0.6) is 0 Å². The quantitative estimate of drug-likeness (QED) is 0.605. The van der Waals surface area contributed by atoms with Crippen molar-refractivity contribution in [1.29, 1.82) is 0 Å². The summed E-state index contributed by atoms with van der Waals surface area (Å²) < 4.78 is 49.1. The van der Waals surface area contributed by atoms with E-state index in [2.05, 4.69) is 0 Å². The Bertz CT molecular complexity index is 271. The average Bonchev–Trinajstić information content (AvgIpc) is 2.04. The van der Waals surface area contributed by atoms with Gasteiger partial charge in [0.2, 0.25) is 0 Å². The van der Waals surface area contributed by atoms with Crippen LogP contribution in [0.4, 0.5) is 17.6 Å². The minimum atomic E-state index is -2.90. The Morgan fingerprint density at radius 3 is 1.93 bits per heavy atom. The molecule has 0 amide bonds. The van der Waals surface area contributed by atoms with Crippen molar-refractivity contribution in [3.63, 3.8) is 0 Å². The van der Waals surface area contributed by atoms with E-state index >= 15 is 0 Å². The van der Waals surface area contributed by atoms with Crippen LogP contribution in [0.3, 0.4) is 0 Å². The van der Waals surface area contributed by atoms with Crippen molar-refractivity contribution in [3.8, 4) is 0 Å². The number of benzene rings is 1. The minimum absolute atomic E-state index is 0.0671. The molecule has 0 aliphatic rings. The number of halogens is 4. The molecule has 0 aromatic heterocycles. The van der Waals surface area contributed by atoms with Gasteiger partial charge in [0.1, 0.15) is 11.6 Å². The molecule has 14 heavy (non-hydrogen) atoms. The van der Waals surface area contributed by atoms with Gasteiger partial charge in [-0.1, -0.05) is 13.8 Å². The molecule has 1 rings (SSSR count). The summed E-state index contributed by atoms with van der Waals surface area (Å²) in [6.45, 7) is 5.24. The van der Waals surface area contributed by atoms with Gasteiger partial charge in [0.25, 0.3) is 6.43 Å². The summed E-state index contributed by atoms with van der Waals surface area (Å²) in [6, 6.07) is 1.33. The van der Waals surface area contributed by atoms with Crippen LogP contribution in [-0.4, -0.2) is 0 Å². The van der Waals surface area contributed by atoms with Crippen LogP contribution in [0.2, 0.25) is 0 Å². The summed E-state index contributed by atoms with van der Waals surface area (Å²) >= 11 is 0. The van der Waals surface area contributed by atoms with E-state index in [0.717, 1.165) is 6.07 Å². The maximum Gasteiger partial charge on any atom is 0.266 e. The van der Waals surface area contributed by atoms with Gasteiger partial charge in [-0.2, -0.15) is 0 Å². The van der Waals surface area contributed by atoms with Crippen LogP contribution < -0.4 is 0 Å². The standard InChI is InChI=1S/C8H6F4.C2H6/c1-4-2-5(9)3-6(10)7(4)8(11)12;1-2/h2-3,8H,1H3;1-2H3. The lowest BCUT2D eigenvalue weighted by Gasteiger charge is -2.05. The molecule has 0 N–H and O–H groups in total. The van der Waals surface area contributed by atoms with Crippen LogP contribution in [0, 0.1) is 18.6 Å². The molecule has 0 atom stereocenters. The molecule has 0 spiro atoms. The van der Waals surface area contributed by atoms with Gasteiger partial charge in [-0.3, -0.25) is 0 Å². The molecule has 0 bridgehead atoms. The van der Waals surface area contributed by atoms with E-state index in [0.29, 0.717) is 6.07 Å². The van der Waals surface area contributed by atoms with Crippen LogP contribution in [-0.2, 0) is 0 Å². The predicted octanol–water partition coefficient (Wildman–Crippen LogP) is 4.24. The lowest BCUT2D eigenvalue weighted by molar-refractivity contribution is 0.145. The molecular formula is C10H12F4. The van der Waals surface area contributed by atoms with Crippen molar-refractivity contribution in [1.82, 2.24) is 0 Å². The third-order valence-corrected chi connectivity index (χ3v) is 1.52. The van der Waals surface area contributed by atoms with Crippen LogP contribution >= 0.6 is 0 Å². The maximum atomic E-state index is 12.6. The zero-order valence-corrected chi connectivity index (χ0v) is 8.24. The Hall–Kier alpha value is -1.06. The monoisotopic (exact) mass is 208 g/mol. The highest BCUT2D eigenvalue weighted by Gasteiger charge is 2.16. The van der Waals surface area contributed by atoms with E-state index in [1.807, 2.05) is 13.8 Å². The Kier molecular flexibility index (Phi) is 5.20. The third kappa shape index (κ3) is 3.01. The average molecular weight is 208 g/mol. The molecule has 0 nitrogen and oxygen atoms in total. The van der Waals surface area contributed by atoms with E-state index in [1.54, 1.807) is 0 Å². The lowest BCUT2D eigenvalue weighted by atomic mass is 10.1. The number of rotatable bonds is 1. The predicted molar refractivity (Wildman–Crippen MR) is 47.4 cm³/mol. The lowest BCUT2D eigenvalue weighted by Crippen LogP contribution is -1.96. The van der Waals surface area contributed by atoms with Crippen molar-refractivity contribution in [2.75, 3.05) is 0 Å². The van der Waals surface area contributed by atoms with Gasteiger partial charge in [0.15, 0.2) is 0 Å². The van der Waals surface area contributed by atoms with E-state index in [4.69, 9.17) is 0 Å². The third-order valence-electron chi connectivity index (χ3n) is 1.52. The van der Waals surface area contributed by atoms with E-state index < -0.39 is 23.6 Å². The largest absolute Gasteiger partial charge is 0.266 e. The number of alkyl halides is 2. The molecule has 4 heteroatoms. The molecule has 0 heterocycles. The first kappa shape index (κ1) is 12.9. The Morgan fingerprint density at radius 2 is 1.57 bits per heavy atom. The van der Waals surface area contributed by atoms with Crippen molar-refractivity contribution >= 4 is 0 Å². The Balaban J connectivity index is 0.000000791. The molecule has 0 fully saturated rings. The highest BCUT2D eigenvalue weighted by molar-refractivity contribution is 5.29. The Morgan fingerprint density at radius 1 is 1.07 bits per heavy atom. The highest BCUT2D eigenvalue weighted by atomic mass is 19.3. The fourth-order valence-electron chi connectivity index (χ4n) is 0.990.